The van der Waals surface area contributed by atoms with Crippen LogP contribution in [0.25, 0.3) is 0 Å². The first-order chi connectivity index (χ1) is 3.48. The molecule has 0 aromatic heterocycles. The van der Waals surface area contributed by atoms with Crippen molar-refractivity contribution in [1.29, 1.82) is 0 Å². The maximum absolute atomic E-state index is 6.08. The summed E-state index contributed by atoms with van der Waals surface area (Å²) in [5.74, 6) is 0. The molecule has 0 heterocycles. The monoisotopic (exact) mass is 150 g/mol. The van der Waals surface area contributed by atoms with E-state index in [9.17, 15) is 0 Å². The van der Waals surface area contributed by atoms with E-state index in [-0.39, 0.29) is 0 Å². The molecule has 0 radical (unpaired) electrons. The summed E-state index contributed by atoms with van der Waals surface area (Å²) in [4.78, 5) is 0. The van der Waals surface area contributed by atoms with Crippen molar-refractivity contribution in [3.63, 3.8) is 0 Å². The van der Waals surface area contributed by atoms with Crippen molar-refractivity contribution in [1.82, 2.24) is 0 Å². The zero-order chi connectivity index (χ0) is 6.78. The minimum absolute atomic E-state index is 0.413. The Labute approximate surface area is 58.6 Å². The van der Waals surface area contributed by atoms with Crippen molar-refractivity contribution in [2.24, 2.45) is 0 Å². The highest BCUT2D eigenvalue weighted by Gasteiger charge is 2.21. The summed E-state index contributed by atoms with van der Waals surface area (Å²) in [7, 11) is -0.897. The van der Waals surface area contributed by atoms with Gasteiger partial charge in [0.2, 0.25) is 0 Å². The quantitative estimate of drug-likeness (QED) is 0.399. The van der Waals surface area contributed by atoms with E-state index in [1.165, 1.54) is 6.04 Å². The lowest BCUT2D eigenvalue weighted by molar-refractivity contribution is 0.745. The fourth-order valence-corrected chi connectivity index (χ4v) is 1.84. The number of rotatable bonds is 1. The molecule has 0 aliphatic heterocycles. The van der Waals surface area contributed by atoms with Gasteiger partial charge in [-0.05, 0) is 11.1 Å². The number of halogens is 1. The molecule has 0 aromatic rings. The van der Waals surface area contributed by atoms with Crippen LogP contribution in [-0.4, -0.2) is 8.11 Å². The second-order valence-corrected chi connectivity index (χ2v) is 8.31. The zero-order valence-corrected chi connectivity index (χ0v) is 8.07. The Morgan fingerprint density at radius 3 is 1.75 bits per heavy atom. The fraction of sp³-hybridized carbons (Fsp3) is 1.00. The van der Waals surface area contributed by atoms with E-state index < -0.39 is 8.11 Å². The van der Waals surface area contributed by atoms with Gasteiger partial charge in [-0.2, -0.15) is 11.1 Å². The number of hydrogen-bond donors (Lipinski definition) is 0. The Kier molecular flexibility index (Phi) is 3.06. The maximum atomic E-state index is 6.08. The van der Waals surface area contributed by atoms with Crippen molar-refractivity contribution in [2.75, 3.05) is 0 Å². The third kappa shape index (κ3) is 2.73. The summed E-state index contributed by atoms with van der Waals surface area (Å²) in [5, 5.41) is 0.413. The van der Waals surface area contributed by atoms with Crippen molar-refractivity contribution < 1.29 is 0 Å². The Balaban J connectivity index is 3.62. The van der Waals surface area contributed by atoms with Gasteiger partial charge in [-0.3, -0.25) is 0 Å². The van der Waals surface area contributed by atoms with E-state index in [4.69, 9.17) is 11.1 Å². The van der Waals surface area contributed by atoms with Gasteiger partial charge in [0.25, 0.3) is 0 Å². The Morgan fingerprint density at radius 1 is 1.38 bits per heavy atom. The van der Waals surface area contributed by atoms with Gasteiger partial charge in [-0.25, -0.2) is 0 Å². The van der Waals surface area contributed by atoms with Crippen LogP contribution in [0.1, 0.15) is 27.7 Å². The molecular formula is C6H15ClSi. The van der Waals surface area contributed by atoms with Gasteiger partial charge >= 0.3 is 0 Å². The lowest BCUT2D eigenvalue weighted by atomic mass is 10.3. The Bertz CT molecular complexity index is 65.4. The average molecular weight is 151 g/mol. The highest BCUT2D eigenvalue weighted by molar-refractivity contribution is 7.08. The van der Waals surface area contributed by atoms with E-state index in [2.05, 4.69) is 27.7 Å². The molecule has 0 saturated heterocycles. The van der Waals surface area contributed by atoms with Crippen LogP contribution < -0.4 is 0 Å². The molecule has 0 aliphatic carbocycles. The first-order valence-electron chi connectivity index (χ1n) is 3.12. The molecule has 0 aliphatic rings. The molecule has 0 fully saturated rings. The molecule has 50 valence electrons. The van der Waals surface area contributed by atoms with Crippen molar-refractivity contribution in [3.8, 4) is 0 Å². The van der Waals surface area contributed by atoms with Crippen LogP contribution >= 0.6 is 11.1 Å². The van der Waals surface area contributed by atoms with E-state index >= 15 is 0 Å². The molecule has 0 N–H and O–H groups in total. The van der Waals surface area contributed by atoms with Gasteiger partial charge in [0.1, 0.15) is 8.11 Å². The molecular weight excluding hydrogens is 136 g/mol. The average Bonchev–Trinajstić information content (AvgIpc) is 1.62. The molecule has 0 saturated carbocycles. The maximum Gasteiger partial charge on any atom is 0.146 e. The normalized spacial score (nSPS) is 16.1. The lowest BCUT2D eigenvalue weighted by Crippen LogP contribution is -2.17. The summed E-state index contributed by atoms with van der Waals surface area (Å²) in [6.07, 6.45) is 0. The summed E-state index contributed by atoms with van der Waals surface area (Å²) in [6.45, 7) is 8.84. The first kappa shape index (κ1) is 8.51. The minimum atomic E-state index is -0.897. The van der Waals surface area contributed by atoms with Gasteiger partial charge in [0, 0.05) is 0 Å². The standard InChI is InChI=1S/C6H15ClSi/c1-5-8(7)6(2,3)4/h8H,5H2,1-4H3. The second-order valence-electron chi connectivity index (χ2n) is 3.24. The lowest BCUT2D eigenvalue weighted by Gasteiger charge is -2.21. The second kappa shape index (κ2) is 2.88. The molecule has 0 spiro atoms. The van der Waals surface area contributed by atoms with Crippen LogP contribution in [0.3, 0.4) is 0 Å². The molecule has 1 unspecified atom stereocenters. The largest absolute Gasteiger partial charge is 0.171 e. The zero-order valence-electron chi connectivity index (χ0n) is 6.16. The molecule has 0 nitrogen and oxygen atoms in total. The van der Waals surface area contributed by atoms with Crippen LogP contribution in [0.5, 0.6) is 0 Å². The summed E-state index contributed by atoms with van der Waals surface area (Å²) < 4.78 is 0. The molecule has 0 amide bonds. The van der Waals surface area contributed by atoms with Gasteiger partial charge in [0.05, 0.1) is 0 Å². The van der Waals surface area contributed by atoms with Crippen molar-refractivity contribution in [3.05, 3.63) is 0 Å². The summed E-state index contributed by atoms with van der Waals surface area (Å²) in [5.41, 5.74) is 0. The van der Waals surface area contributed by atoms with Gasteiger partial charge < -0.3 is 0 Å². The van der Waals surface area contributed by atoms with E-state index in [1.54, 1.807) is 0 Å². The minimum Gasteiger partial charge on any atom is -0.171 e. The first-order valence-corrected chi connectivity index (χ1v) is 6.26. The highest BCUT2D eigenvalue weighted by Crippen LogP contribution is 2.30. The molecule has 0 bridgehead atoms. The van der Waals surface area contributed by atoms with Gasteiger partial charge in [0.15, 0.2) is 0 Å². The Morgan fingerprint density at radius 2 is 1.75 bits per heavy atom. The predicted molar refractivity (Wildman–Crippen MR) is 43.2 cm³/mol. The predicted octanol–water partition coefficient (Wildman–Crippen LogP) is 2.77. The van der Waals surface area contributed by atoms with Crippen molar-refractivity contribution in [2.45, 2.75) is 38.8 Å². The van der Waals surface area contributed by atoms with E-state index in [0.717, 1.165) is 0 Å². The van der Waals surface area contributed by atoms with Crippen LogP contribution in [0.2, 0.25) is 11.1 Å². The van der Waals surface area contributed by atoms with Gasteiger partial charge in [-0.15, -0.1) is 0 Å². The topological polar surface area (TPSA) is 0 Å². The van der Waals surface area contributed by atoms with E-state index in [0.29, 0.717) is 5.04 Å². The summed E-state index contributed by atoms with van der Waals surface area (Å²) >= 11 is 6.08. The summed E-state index contributed by atoms with van der Waals surface area (Å²) in [6, 6.07) is 1.20. The molecule has 8 heavy (non-hydrogen) atoms. The highest BCUT2D eigenvalue weighted by atomic mass is 35.6. The third-order valence-corrected chi connectivity index (χ3v) is 6.78. The molecule has 0 aromatic carbocycles. The number of hydrogen-bond acceptors (Lipinski definition) is 0. The molecule has 1 atom stereocenters. The smallest absolute Gasteiger partial charge is 0.146 e. The molecule has 2 heteroatoms. The van der Waals surface area contributed by atoms with Crippen molar-refractivity contribution >= 4 is 19.2 Å². The fourth-order valence-electron chi connectivity index (χ4n) is 0.612. The van der Waals surface area contributed by atoms with Crippen LogP contribution in [0.4, 0.5) is 0 Å². The van der Waals surface area contributed by atoms with Crippen LogP contribution in [-0.2, 0) is 0 Å². The van der Waals surface area contributed by atoms with Crippen LogP contribution in [0.15, 0.2) is 0 Å². The molecule has 0 rings (SSSR count). The van der Waals surface area contributed by atoms with Gasteiger partial charge in [-0.1, -0.05) is 27.7 Å². The SMILES string of the molecule is CC[SiH](Cl)C(C)(C)C. The Hall–Kier alpha value is 0.507. The third-order valence-electron chi connectivity index (χ3n) is 1.30. The van der Waals surface area contributed by atoms with Crippen LogP contribution in [0, 0.1) is 0 Å². The van der Waals surface area contributed by atoms with E-state index in [1.807, 2.05) is 0 Å².